The lowest BCUT2D eigenvalue weighted by molar-refractivity contribution is -0.120. The molecule has 5 nitrogen and oxygen atoms in total. The second-order valence-electron chi connectivity index (χ2n) is 3.03. The molecule has 0 aliphatic carbocycles. The van der Waals surface area contributed by atoms with Crippen LogP contribution in [0, 0.1) is 11.3 Å². The smallest absolute Gasteiger partial charge is 0.221 e. The summed E-state index contributed by atoms with van der Waals surface area (Å²) in [6.07, 6.45) is 0.340. The largest absolute Gasteiger partial charge is 0.369 e. The summed E-state index contributed by atoms with van der Waals surface area (Å²) in [7, 11) is 1.58. The van der Waals surface area contributed by atoms with Crippen LogP contribution in [-0.2, 0) is 4.79 Å². The van der Waals surface area contributed by atoms with Crippen molar-refractivity contribution in [2.24, 2.45) is 0 Å². The summed E-state index contributed by atoms with van der Waals surface area (Å²) in [5, 5.41) is 14.4. The first-order valence-corrected chi connectivity index (χ1v) is 5.05. The van der Waals surface area contributed by atoms with Gasteiger partial charge in [0, 0.05) is 20.0 Å². The molecule has 1 rings (SSSR count). The van der Waals surface area contributed by atoms with E-state index in [2.05, 4.69) is 15.6 Å². The lowest BCUT2D eigenvalue weighted by atomic mass is 10.3. The minimum absolute atomic E-state index is 0.0602. The van der Waals surface area contributed by atoms with Crippen molar-refractivity contribution in [2.75, 3.05) is 18.9 Å². The molecule has 6 heteroatoms. The predicted octanol–water partition coefficient (Wildman–Crippen LogP) is 1.15. The first kappa shape index (κ1) is 12.3. The third kappa shape index (κ3) is 3.75. The zero-order valence-corrected chi connectivity index (χ0v) is 9.51. The van der Waals surface area contributed by atoms with Gasteiger partial charge in [0.2, 0.25) is 5.91 Å². The highest BCUT2D eigenvalue weighted by atomic mass is 35.5. The molecule has 0 unspecified atom stereocenters. The maximum atomic E-state index is 10.9. The Balaban J connectivity index is 2.57. The van der Waals surface area contributed by atoms with Gasteiger partial charge in [0.1, 0.15) is 11.0 Å². The fraction of sp³-hybridized carbons (Fsp3) is 0.300. The van der Waals surface area contributed by atoms with Gasteiger partial charge in [-0.2, -0.15) is 5.26 Å². The van der Waals surface area contributed by atoms with Crippen molar-refractivity contribution < 1.29 is 4.79 Å². The molecule has 0 aliphatic heterocycles. The van der Waals surface area contributed by atoms with Crippen LogP contribution in [0.15, 0.2) is 12.1 Å². The van der Waals surface area contributed by atoms with Crippen LogP contribution in [0.5, 0.6) is 0 Å². The van der Waals surface area contributed by atoms with E-state index in [1.54, 1.807) is 13.1 Å². The molecule has 0 aliphatic rings. The molecule has 0 radical (unpaired) electrons. The topological polar surface area (TPSA) is 77.8 Å². The molecule has 1 aromatic heterocycles. The van der Waals surface area contributed by atoms with Crippen molar-refractivity contribution in [1.29, 1.82) is 5.26 Å². The Kier molecular flexibility index (Phi) is 4.55. The number of hydrogen-bond donors (Lipinski definition) is 2. The molecule has 1 aromatic rings. The van der Waals surface area contributed by atoms with Gasteiger partial charge in [-0.15, -0.1) is 0 Å². The van der Waals surface area contributed by atoms with Crippen LogP contribution in [-0.4, -0.2) is 24.5 Å². The number of rotatable bonds is 4. The third-order valence-electron chi connectivity index (χ3n) is 1.86. The zero-order valence-electron chi connectivity index (χ0n) is 8.75. The number of nitriles is 1. The minimum atomic E-state index is -0.0602. The van der Waals surface area contributed by atoms with Gasteiger partial charge in [-0.3, -0.25) is 4.79 Å². The molecule has 0 saturated carbocycles. The van der Waals surface area contributed by atoms with E-state index in [0.29, 0.717) is 24.3 Å². The second-order valence-corrected chi connectivity index (χ2v) is 3.41. The first-order valence-electron chi connectivity index (χ1n) is 4.68. The first-order chi connectivity index (χ1) is 7.65. The van der Waals surface area contributed by atoms with Crippen LogP contribution in [0.1, 0.15) is 12.0 Å². The maximum absolute atomic E-state index is 10.9. The molecular weight excluding hydrogens is 228 g/mol. The Labute approximate surface area is 98.4 Å². The van der Waals surface area contributed by atoms with E-state index in [0.717, 1.165) is 0 Å². The summed E-state index contributed by atoms with van der Waals surface area (Å²) in [5.41, 5.74) is 0.433. The average molecular weight is 239 g/mol. The Hall–Kier alpha value is -1.80. The molecule has 16 heavy (non-hydrogen) atoms. The van der Waals surface area contributed by atoms with Crippen LogP contribution in [0.3, 0.4) is 0 Å². The van der Waals surface area contributed by atoms with Crippen LogP contribution < -0.4 is 10.6 Å². The summed E-state index contributed by atoms with van der Waals surface area (Å²) in [5.74, 6) is 0.433. The van der Waals surface area contributed by atoms with Gasteiger partial charge in [0.15, 0.2) is 0 Å². The summed E-state index contributed by atoms with van der Waals surface area (Å²) >= 11 is 5.72. The van der Waals surface area contributed by atoms with Crippen LogP contribution >= 0.6 is 11.6 Å². The second kappa shape index (κ2) is 5.93. The van der Waals surface area contributed by atoms with Crippen LogP contribution in [0.25, 0.3) is 0 Å². The lowest BCUT2D eigenvalue weighted by Crippen LogP contribution is -2.21. The molecule has 1 amide bonds. The number of anilines is 1. The SMILES string of the molecule is CNC(=O)CCNc1cc(C#N)cc(Cl)n1. The van der Waals surface area contributed by atoms with Crippen LogP contribution in [0.2, 0.25) is 5.15 Å². The van der Waals surface area contributed by atoms with E-state index in [4.69, 9.17) is 16.9 Å². The minimum Gasteiger partial charge on any atom is -0.369 e. The number of amides is 1. The summed E-state index contributed by atoms with van der Waals surface area (Å²) in [6.45, 7) is 0.442. The summed E-state index contributed by atoms with van der Waals surface area (Å²) in [6, 6.07) is 5.03. The van der Waals surface area contributed by atoms with Gasteiger partial charge in [-0.25, -0.2) is 4.98 Å². The molecule has 84 valence electrons. The highest BCUT2D eigenvalue weighted by molar-refractivity contribution is 6.29. The van der Waals surface area contributed by atoms with Crippen molar-refractivity contribution in [3.8, 4) is 6.07 Å². The summed E-state index contributed by atoms with van der Waals surface area (Å²) < 4.78 is 0. The van der Waals surface area contributed by atoms with E-state index in [9.17, 15) is 4.79 Å². The van der Waals surface area contributed by atoms with Gasteiger partial charge in [0.25, 0.3) is 0 Å². The number of hydrogen-bond acceptors (Lipinski definition) is 4. The highest BCUT2D eigenvalue weighted by Crippen LogP contribution is 2.13. The summed E-state index contributed by atoms with van der Waals surface area (Å²) in [4.78, 5) is 14.9. The third-order valence-corrected chi connectivity index (χ3v) is 2.05. The quantitative estimate of drug-likeness (QED) is 0.772. The molecule has 0 spiro atoms. The van der Waals surface area contributed by atoms with Gasteiger partial charge < -0.3 is 10.6 Å². The molecule has 0 saturated heterocycles. The van der Waals surface area contributed by atoms with Gasteiger partial charge in [-0.1, -0.05) is 11.6 Å². The molecule has 0 atom stereocenters. The Bertz CT molecular complexity index is 427. The van der Waals surface area contributed by atoms with Crippen molar-refractivity contribution in [2.45, 2.75) is 6.42 Å². The Morgan fingerprint density at radius 3 is 3.00 bits per heavy atom. The number of carbonyl (C=O) groups excluding carboxylic acids is 1. The predicted molar refractivity (Wildman–Crippen MR) is 61.1 cm³/mol. The average Bonchev–Trinajstić information content (AvgIpc) is 2.28. The van der Waals surface area contributed by atoms with E-state index >= 15 is 0 Å². The normalized spacial score (nSPS) is 9.31. The van der Waals surface area contributed by atoms with Crippen molar-refractivity contribution >= 4 is 23.3 Å². The van der Waals surface area contributed by atoms with Gasteiger partial charge in [-0.05, 0) is 12.1 Å². The fourth-order valence-corrected chi connectivity index (χ4v) is 1.29. The highest BCUT2D eigenvalue weighted by Gasteiger charge is 2.02. The molecule has 0 fully saturated rings. The maximum Gasteiger partial charge on any atom is 0.221 e. The molecule has 2 N–H and O–H groups in total. The van der Waals surface area contributed by atoms with Crippen LogP contribution in [0.4, 0.5) is 5.82 Å². The molecular formula is C10H11ClN4O. The number of carbonyl (C=O) groups is 1. The number of halogens is 1. The van der Waals surface area contributed by atoms with E-state index in [1.165, 1.54) is 6.07 Å². The van der Waals surface area contributed by atoms with Gasteiger partial charge in [0.05, 0.1) is 11.6 Å². The van der Waals surface area contributed by atoms with E-state index in [1.807, 2.05) is 6.07 Å². The zero-order chi connectivity index (χ0) is 12.0. The standard InChI is InChI=1S/C10H11ClN4O/c1-13-10(16)2-3-14-9-5-7(6-12)4-8(11)15-9/h4-5H,2-3H2,1H3,(H,13,16)(H,14,15). The lowest BCUT2D eigenvalue weighted by Gasteiger charge is -2.05. The number of pyridine rings is 1. The van der Waals surface area contributed by atoms with Crippen molar-refractivity contribution in [3.63, 3.8) is 0 Å². The molecule has 0 aromatic carbocycles. The number of nitrogens with zero attached hydrogens (tertiary/aromatic N) is 2. The Morgan fingerprint density at radius 2 is 2.38 bits per heavy atom. The van der Waals surface area contributed by atoms with Gasteiger partial charge >= 0.3 is 0 Å². The monoisotopic (exact) mass is 238 g/mol. The Morgan fingerprint density at radius 1 is 1.62 bits per heavy atom. The van der Waals surface area contributed by atoms with E-state index < -0.39 is 0 Å². The van der Waals surface area contributed by atoms with Crippen molar-refractivity contribution in [1.82, 2.24) is 10.3 Å². The molecule has 1 heterocycles. The van der Waals surface area contributed by atoms with E-state index in [-0.39, 0.29) is 11.1 Å². The van der Waals surface area contributed by atoms with Crippen molar-refractivity contribution in [3.05, 3.63) is 22.8 Å². The number of aromatic nitrogens is 1. The molecule has 0 bridgehead atoms. The fourth-order valence-electron chi connectivity index (χ4n) is 1.08. The number of nitrogens with one attached hydrogen (secondary N) is 2.